The molecule has 0 unspecified atom stereocenters. The summed E-state index contributed by atoms with van der Waals surface area (Å²) < 4.78 is 4.59. The Morgan fingerprint density at radius 1 is 1.33 bits per heavy atom. The summed E-state index contributed by atoms with van der Waals surface area (Å²) in [6.07, 6.45) is 0. The van der Waals surface area contributed by atoms with Crippen molar-refractivity contribution < 1.29 is 14.3 Å². The standard InChI is InChI=1S/C7H13ClO3Si/c1-12(2,3)5-4-11-7(10)6(8)9/h4-5H2,1-3H3. The first-order chi connectivity index (χ1) is 5.33. The first kappa shape index (κ1) is 11.6. The zero-order chi connectivity index (χ0) is 9.78. The molecule has 0 N–H and O–H groups in total. The second kappa shape index (κ2) is 4.62. The van der Waals surface area contributed by atoms with E-state index in [1.807, 2.05) is 0 Å². The van der Waals surface area contributed by atoms with Crippen molar-refractivity contribution in [2.45, 2.75) is 25.7 Å². The van der Waals surface area contributed by atoms with Crippen molar-refractivity contribution in [3.63, 3.8) is 0 Å². The minimum Gasteiger partial charge on any atom is -0.459 e. The van der Waals surface area contributed by atoms with Gasteiger partial charge in [0.1, 0.15) is 0 Å². The lowest BCUT2D eigenvalue weighted by molar-refractivity contribution is -0.149. The molecule has 0 aromatic heterocycles. The average Bonchev–Trinajstić information content (AvgIpc) is 1.84. The summed E-state index contributed by atoms with van der Waals surface area (Å²) in [5, 5.41) is -1.05. The maximum absolute atomic E-state index is 10.5. The summed E-state index contributed by atoms with van der Waals surface area (Å²) in [4.78, 5) is 20.7. The van der Waals surface area contributed by atoms with Crippen LogP contribution in [-0.4, -0.2) is 25.9 Å². The highest BCUT2D eigenvalue weighted by Gasteiger charge is 2.16. The Balaban J connectivity index is 3.58. The Morgan fingerprint density at radius 2 is 1.83 bits per heavy atom. The van der Waals surface area contributed by atoms with Crippen LogP contribution in [0.15, 0.2) is 0 Å². The van der Waals surface area contributed by atoms with E-state index in [2.05, 4.69) is 24.4 Å². The smallest absolute Gasteiger partial charge is 0.391 e. The molecule has 5 heteroatoms. The number of hydrogen-bond donors (Lipinski definition) is 0. The Bertz CT molecular complexity index is 186. The van der Waals surface area contributed by atoms with E-state index in [0.717, 1.165) is 6.04 Å². The van der Waals surface area contributed by atoms with Crippen molar-refractivity contribution in [2.24, 2.45) is 0 Å². The van der Waals surface area contributed by atoms with Crippen LogP contribution >= 0.6 is 11.6 Å². The first-order valence-corrected chi connectivity index (χ1v) is 7.78. The van der Waals surface area contributed by atoms with E-state index < -0.39 is 19.3 Å². The van der Waals surface area contributed by atoms with E-state index >= 15 is 0 Å². The zero-order valence-corrected chi connectivity index (χ0v) is 9.27. The molecule has 0 aliphatic rings. The molecule has 0 aliphatic heterocycles. The molecule has 3 nitrogen and oxygen atoms in total. The lowest BCUT2D eigenvalue weighted by Gasteiger charge is -2.14. The summed E-state index contributed by atoms with van der Waals surface area (Å²) in [5.74, 6) is -0.949. The predicted molar refractivity (Wildman–Crippen MR) is 50.0 cm³/mol. The van der Waals surface area contributed by atoms with Gasteiger partial charge in [0, 0.05) is 8.07 Å². The molecule has 0 rings (SSSR count). The van der Waals surface area contributed by atoms with Crippen LogP contribution in [0.5, 0.6) is 0 Å². The maximum atomic E-state index is 10.5. The molecular formula is C7H13ClO3Si. The van der Waals surface area contributed by atoms with Crippen molar-refractivity contribution in [1.82, 2.24) is 0 Å². The van der Waals surface area contributed by atoms with Gasteiger partial charge < -0.3 is 4.74 Å². The predicted octanol–water partition coefficient (Wildman–Crippen LogP) is 1.63. The SMILES string of the molecule is C[Si](C)(C)CCOC(=O)C(=O)Cl. The largest absolute Gasteiger partial charge is 0.459 e. The van der Waals surface area contributed by atoms with E-state index in [0.29, 0.717) is 6.61 Å². The average molecular weight is 209 g/mol. The lowest BCUT2D eigenvalue weighted by Crippen LogP contribution is -2.23. The molecule has 0 heterocycles. The van der Waals surface area contributed by atoms with Crippen LogP contribution in [0.1, 0.15) is 0 Å². The molecule has 70 valence electrons. The Kier molecular flexibility index (Phi) is 4.48. The fraction of sp³-hybridized carbons (Fsp3) is 0.714. The number of hydrogen-bond acceptors (Lipinski definition) is 3. The monoisotopic (exact) mass is 208 g/mol. The highest BCUT2D eigenvalue weighted by molar-refractivity contribution is 6.80. The van der Waals surface area contributed by atoms with Gasteiger partial charge in [0.2, 0.25) is 0 Å². The third-order valence-electron chi connectivity index (χ3n) is 1.25. The minimum atomic E-state index is -1.19. The van der Waals surface area contributed by atoms with E-state index in [-0.39, 0.29) is 0 Å². The number of carbonyl (C=O) groups is 2. The number of rotatable bonds is 4. The lowest BCUT2D eigenvalue weighted by atomic mass is 10.7. The first-order valence-electron chi connectivity index (χ1n) is 3.69. The summed E-state index contributed by atoms with van der Waals surface area (Å²) in [6, 6.07) is 0.850. The molecule has 0 aromatic carbocycles. The van der Waals surface area contributed by atoms with Gasteiger partial charge >= 0.3 is 11.2 Å². The van der Waals surface area contributed by atoms with Crippen LogP contribution in [0.4, 0.5) is 0 Å². The summed E-state index contributed by atoms with van der Waals surface area (Å²) >= 11 is 4.88. The highest BCUT2D eigenvalue weighted by atomic mass is 35.5. The molecule has 0 atom stereocenters. The van der Waals surface area contributed by atoms with Crippen molar-refractivity contribution in [1.29, 1.82) is 0 Å². The van der Waals surface area contributed by atoms with Gasteiger partial charge in [-0.3, -0.25) is 4.79 Å². The molecule has 0 fully saturated rings. The van der Waals surface area contributed by atoms with Crippen LogP contribution < -0.4 is 0 Å². The van der Waals surface area contributed by atoms with Crippen LogP contribution in [0.2, 0.25) is 25.7 Å². The second-order valence-corrected chi connectivity index (χ2v) is 9.68. The number of carbonyl (C=O) groups excluding carboxylic acids is 2. The topological polar surface area (TPSA) is 43.4 Å². The van der Waals surface area contributed by atoms with Crippen LogP contribution in [-0.2, 0) is 14.3 Å². The fourth-order valence-corrected chi connectivity index (χ4v) is 1.28. The van der Waals surface area contributed by atoms with Crippen LogP contribution in [0.25, 0.3) is 0 Å². The van der Waals surface area contributed by atoms with Gasteiger partial charge in [-0.15, -0.1) is 0 Å². The second-order valence-electron chi connectivity index (χ2n) is 3.72. The highest BCUT2D eigenvalue weighted by Crippen LogP contribution is 2.07. The molecule has 0 saturated carbocycles. The van der Waals surface area contributed by atoms with Crippen molar-refractivity contribution in [3.05, 3.63) is 0 Å². The normalized spacial score (nSPS) is 11.0. The van der Waals surface area contributed by atoms with Gasteiger partial charge in [0.15, 0.2) is 0 Å². The van der Waals surface area contributed by atoms with E-state index in [1.165, 1.54) is 0 Å². The molecule has 0 saturated heterocycles. The molecule has 0 bridgehead atoms. The van der Waals surface area contributed by atoms with Crippen LogP contribution in [0.3, 0.4) is 0 Å². The zero-order valence-electron chi connectivity index (χ0n) is 7.52. The molecule has 0 spiro atoms. The molecule has 0 radical (unpaired) electrons. The van der Waals surface area contributed by atoms with Gasteiger partial charge in [-0.25, -0.2) is 4.79 Å². The summed E-state index contributed by atoms with van der Waals surface area (Å²) in [5.41, 5.74) is 0. The van der Waals surface area contributed by atoms with E-state index in [9.17, 15) is 9.59 Å². The Labute approximate surface area is 78.0 Å². The summed E-state index contributed by atoms with van der Waals surface area (Å²) in [7, 11) is -1.19. The van der Waals surface area contributed by atoms with Crippen LogP contribution in [0, 0.1) is 0 Å². The quantitative estimate of drug-likeness (QED) is 0.305. The Morgan fingerprint density at radius 3 is 2.17 bits per heavy atom. The van der Waals surface area contributed by atoms with Gasteiger partial charge in [-0.1, -0.05) is 19.6 Å². The number of ether oxygens (including phenoxy) is 1. The molecular weight excluding hydrogens is 196 g/mol. The van der Waals surface area contributed by atoms with Gasteiger partial charge in [0.25, 0.3) is 0 Å². The van der Waals surface area contributed by atoms with Gasteiger partial charge in [-0.05, 0) is 17.6 Å². The maximum Gasteiger partial charge on any atom is 0.391 e. The van der Waals surface area contributed by atoms with Crippen molar-refractivity contribution >= 4 is 30.9 Å². The molecule has 0 aromatic rings. The van der Waals surface area contributed by atoms with Gasteiger partial charge in [0.05, 0.1) is 6.61 Å². The van der Waals surface area contributed by atoms with Gasteiger partial charge in [-0.2, -0.15) is 0 Å². The molecule has 0 aliphatic carbocycles. The van der Waals surface area contributed by atoms with E-state index in [4.69, 9.17) is 11.6 Å². The van der Waals surface area contributed by atoms with Crippen molar-refractivity contribution in [3.8, 4) is 0 Å². The number of esters is 1. The Hall–Kier alpha value is -0.353. The minimum absolute atomic E-state index is 0.299. The van der Waals surface area contributed by atoms with E-state index in [1.54, 1.807) is 0 Å². The third kappa shape index (κ3) is 6.36. The van der Waals surface area contributed by atoms with Crippen molar-refractivity contribution in [2.75, 3.05) is 6.61 Å². The molecule has 0 amide bonds. The molecule has 12 heavy (non-hydrogen) atoms. The third-order valence-corrected chi connectivity index (χ3v) is 3.10. The summed E-state index contributed by atoms with van der Waals surface area (Å²) in [6.45, 7) is 6.77. The number of halogens is 1. The fourth-order valence-electron chi connectivity index (χ4n) is 0.507.